The first kappa shape index (κ1) is 21.5. The molecule has 29 heavy (non-hydrogen) atoms. The molecule has 2 aromatic carbocycles. The number of carbonyl (C=O) groups excluding carboxylic acids is 2. The van der Waals surface area contributed by atoms with Crippen LogP contribution in [0.3, 0.4) is 0 Å². The number of aliphatic carboxylic acids is 1. The van der Waals surface area contributed by atoms with Crippen LogP contribution in [0.15, 0.2) is 48.5 Å². The molecule has 2 aromatic rings. The number of hydrogen-bond donors (Lipinski definition) is 5. The lowest BCUT2D eigenvalue weighted by Gasteiger charge is -2.17. The van der Waals surface area contributed by atoms with Crippen molar-refractivity contribution in [2.24, 2.45) is 5.73 Å². The first-order valence-electron chi connectivity index (χ1n) is 8.76. The van der Waals surface area contributed by atoms with E-state index in [-0.39, 0.29) is 36.3 Å². The topological polar surface area (TPSA) is 145 Å². The summed E-state index contributed by atoms with van der Waals surface area (Å²) in [6, 6.07) is 11.6. The third kappa shape index (κ3) is 6.73. The van der Waals surface area contributed by atoms with Gasteiger partial charge in [-0.15, -0.1) is 0 Å². The molecule has 0 aliphatic carbocycles. The van der Waals surface area contributed by atoms with Crippen LogP contribution in [0.5, 0.6) is 0 Å². The molecule has 0 bridgehead atoms. The highest BCUT2D eigenvalue weighted by Gasteiger charge is 2.18. The number of benzene rings is 2. The summed E-state index contributed by atoms with van der Waals surface area (Å²) in [5.41, 5.74) is 6.01. The standard InChI is InChI=1S/C20H21FN4O4/c21-14-10-13(20(22)23)6-7-15(14)24-17(26)8-9-18(27)25-16(11-19(28)29)12-4-2-1-3-5-12/h1-7,10,16H,8-9,11H2,(H3,22,23)(H,24,26)(H,25,27)(H,28,29). The van der Waals surface area contributed by atoms with Crippen LogP contribution in [0.1, 0.15) is 36.4 Å². The Morgan fingerprint density at radius 3 is 2.31 bits per heavy atom. The van der Waals surface area contributed by atoms with Gasteiger partial charge in [0.15, 0.2) is 0 Å². The zero-order chi connectivity index (χ0) is 21.4. The number of nitrogen functional groups attached to an aromatic ring is 1. The van der Waals surface area contributed by atoms with E-state index in [1.165, 1.54) is 12.1 Å². The minimum Gasteiger partial charge on any atom is -0.481 e. The van der Waals surface area contributed by atoms with Gasteiger partial charge in [0.1, 0.15) is 11.7 Å². The molecule has 0 fully saturated rings. The van der Waals surface area contributed by atoms with Crippen LogP contribution < -0.4 is 16.4 Å². The van der Waals surface area contributed by atoms with Crippen LogP contribution in [0.4, 0.5) is 10.1 Å². The monoisotopic (exact) mass is 400 g/mol. The van der Waals surface area contributed by atoms with Gasteiger partial charge < -0.3 is 21.5 Å². The lowest BCUT2D eigenvalue weighted by atomic mass is 10.0. The molecule has 0 heterocycles. The van der Waals surface area contributed by atoms with Crippen LogP contribution in [0, 0.1) is 11.2 Å². The van der Waals surface area contributed by atoms with Crippen LogP contribution in [-0.4, -0.2) is 28.7 Å². The van der Waals surface area contributed by atoms with Crippen molar-refractivity contribution >= 4 is 29.3 Å². The maximum Gasteiger partial charge on any atom is 0.305 e. The van der Waals surface area contributed by atoms with Gasteiger partial charge in [-0.3, -0.25) is 19.8 Å². The van der Waals surface area contributed by atoms with Gasteiger partial charge in [0, 0.05) is 18.4 Å². The molecule has 0 aliphatic heterocycles. The van der Waals surface area contributed by atoms with Crippen LogP contribution in [0.2, 0.25) is 0 Å². The second-order valence-electron chi connectivity index (χ2n) is 6.29. The van der Waals surface area contributed by atoms with E-state index in [0.29, 0.717) is 5.56 Å². The smallest absolute Gasteiger partial charge is 0.305 e. The van der Waals surface area contributed by atoms with Gasteiger partial charge in [0.2, 0.25) is 11.8 Å². The predicted molar refractivity (Wildman–Crippen MR) is 105 cm³/mol. The lowest BCUT2D eigenvalue weighted by molar-refractivity contribution is -0.138. The van der Waals surface area contributed by atoms with E-state index in [2.05, 4.69) is 10.6 Å². The van der Waals surface area contributed by atoms with Crippen molar-refractivity contribution in [2.75, 3.05) is 5.32 Å². The molecule has 1 atom stereocenters. The number of carboxylic acids is 1. The fourth-order valence-electron chi connectivity index (χ4n) is 2.60. The van der Waals surface area contributed by atoms with Gasteiger partial charge in [0.25, 0.3) is 0 Å². The number of anilines is 1. The molecule has 2 rings (SSSR count). The number of carbonyl (C=O) groups is 3. The second kappa shape index (κ2) is 9.98. The van der Waals surface area contributed by atoms with Gasteiger partial charge >= 0.3 is 5.97 Å². The highest BCUT2D eigenvalue weighted by molar-refractivity contribution is 5.97. The summed E-state index contributed by atoms with van der Waals surface area (Å²) >= 11 is 0. The summed E-state index contributed by atoms with van der Waals surface area (Å²) in [5, 5.41) is 21.3. The molecule has 1 unspecified atom stereocenters. The molecular formula is C20H21FN4O4. The molecule has 6 N–H and O–H groups in total. The van der Waals surface area contributed by atoms with Crippen molar-refractivity contribution in [1.82, 2.24) is 5.32 Å². The lowest BCUT2D eigenvalue weighted by Crippen LogP contribution is -2.30. The minimum atomic E-state index is -1.07. The average Bonchev–Trinajstić information content (AvgIpc) is 2.67. The fraction of sp³-hybridized carbons (Fsp3) is 0.200. The Morgan fingerprint density at radius 2 is 1.72 bits per heavy atom. The van der Waals surface area contributed by atoms with Crippen molar-refractivity contribution in [3.63, 3.8) is 0 Å². The highest BCUT2D eigenvalue weighted by atomic mass is 19.1. The third-order valence-electron chi connectivity index (χ3n) is 4.05. The molecule has 0 aliphatic rings. The van der Waals surface area contributed by atoms with E-state index < -0.39 is 29.6 Å². The summed E-state index contributed by atoms with van der Waals surface area (Å²) in [5.74, 6) is -3.19. The van der Waals surface area contributed by atoms with E-state index in [4.69, 9.17) is 16.2 Å². The summed E-state index contributed by atoms with van der Waals surface area (Å²) in [6.07, 6.45) is -0.702. The summed E-state index contributed by atoms with van der Waals surface area (Å²) in [7, 11) is 0. The maximum absolute atomic E-state index is 13.9. The van der Waals surface area contributed by atoms with Crippen molar-refractivity contribution in [2.45, 2.75) is 25.3 Å². The number of rotatable bonds is 9. The SMILES string of the molecule is N=C(N)c1ccc(NC(=O)CCC(=O)NC(CC(=O)O)c2ccccc2)c(F)c1. The number of nitrogens with two attached hydrogens (primary N) is 1. The Kier molecular flexibility index (Phi) is 7.41. The van der Waals surface area contributed by atoms with Gasteiger partial charge in [-0.25, -0.2) is 4.39 Å². The highest BCUT2D eigenvalue weighted by Crippen LogP contribution is 2.18. The third-order valence-corrected chi connectivity index (χ3v) is 4.05. The predicted octanol–water partition coefficient (Wildman–Crippen LogP) is 2.16. The number of hydrogen-bond acceptors (Lipinski definition) is 4. The molecule has 0 saturated heterocycles. The van der Waals surface area contributed by atoms with Crippen molar-refractivity contribution in [1.29, 1.82) is 5.41 Å². The van der Waals surface area contributed by atoms with Crippen molar-refractivity contribution < 1.29 is 23.9 Å². The number of nitrogens with one attached hydrogen (secondary N) is 3. The first-order chi connectivity index (χ1) is 13.8. The number of amidine groups is 1. The van der Waals surface area contributed by atoms with E-state index in [1.807, 2.05) is 0 Å². The Bertz CT molecular complexity index is 918. The van der Waals surface area contributed by atoms with Crippen LogP contribution in [0.25, 0.3) is 0 Å². The van der Waals surface area contributed by atoms with Crippen LogP contribution in [-0.2, 0) is 14.4 Å². The zero-order valence-electron chi connectivity index (χ0n) is 15.4. The number of amides is 2. The van der Waals surface area contributed by atoms with Crippen molar-refractivity contribution in [3.05, 3.63) is 65.5 Å². The molecule has 2 amide bonds. The van der Waals surface area contributed by atoms with Crippen LogP contribution >= 0.6 is 0 Å². The molecule has 0 saturated carbocycles. The first-order valence-corrected chi connectivity index (χ1v) is 8.76. The molecule has 0 spiro atoms. The Hall–Kier alpha value is -3.75. The number of carboxylic acid groups (broad SMARTS) is 1. The Balaban J connectivity index is 1.91. The molecule has 0 radical (unpaired) electrons. The molecule has 152 valence electrons. The van der Waals surface area contributed by atoms with Crippen molar-refractivity contribution in [3.8, 4) is 0 Å². The largest absolute Gasteiger partial charge is 0.481 e. The molecule has 8 nitrogen and oxygen atoms in total. The fourth-order valence-corrected chi connectivity index (χ4v) is 2.60. The van der Waals surface area contributed by atoms with E-state index in [1.54, 1.807) is 30.3 Å². The zero-order valence-corrected chi connectivity index (χ0v) is 15.4. The van der Waals surface area contributed by atoms with Gasteiger partial charge in [-0.05, 0) is 23.8 Å². The molecule has 9 heteroatoms. The summed E-state index contributed by atoms with van der Waals surface area (Å²) < 4.78 is 13.9. The Morgan fingerprint density at radius 1 is 1.07 bits per heavy atom. The average molecular weight is 400 g/mol. The van der Waals surface area contributed by atoms with E-state index in [9.17, 15) is 18.8 Å². The molecule has 0 aromatic heterocycles. The minimum absolute atomic E-state index is 0.0894. The van der Waals surface area contributed by atoms with E-state index >= 15 is 0 Å². The maximum atomic E-state index is 13.9. The molecular weight excluding hydrogens is 379 g/mol. The number of halogens is 1. The second-order valence-corrected chi connectivity index (χ2v) is 6.29. The quantitative estimate of drug-likeness (QED) is 0.323. The summed E-state index contributed by atoms with van der Waals surface area (Å²) in [4.78, 5) is 35.2. The van der Waals surface area contributed by atoms with Gasteiger partial charge in [-0.2, -0.15) is 0 Å². The Labute approximate surface area is 166 Å². The van der Waals surface area contributed by atoms with Gasteiger partial charge in [-0.1, -0.05) is 30.3 Å². The van der Waals surface area contributed by atoms with Gasteiger partial charge in [0.05, 0.1) is 18.2 Å². The normalized spacial score (nSPS) is 11.3. The van der Waals surface area contributed by atoms with E-state index in [0.717, 1.165) is 6.07 Å². The summed E-state index contributed by atoms with van der Waals surface area (Å²) in [6.45, 7) is 0.